The molecule has 1 aromatic carbocycles. The van der Waals surface area contributed by atoms with Crippen LogP contribution in [0.15, 0.2) is 24.3 Å². The fourth-order valence-electron chi connectivity index (χ4n) is 2.76. The van der Waals surface area contributed by atoms with Crippen molar-refractivity contribution in [1.82, 2.24) is 4.90 Å². The van der Waals surface area contributed by atoms with Crippen LogP contribution in [0.4, 0.5) is 10.5 Å². The minimum Gasteiger partial charge on any atom is -0.469 e. The molecule has 0 radical (unpaired) electrons. The van der Waals surface area contributed by atoms with Gasteiger partial charge in [0.2, 0.25) is 0 Å². The zero-order chi connectivity index (χ0) is 18.6. The van der Waals surface area contributed by atoms with Crippen molar-refractivity contribution in [2.75, 3.05) is 38.2 Å². The van der Waals surface area contributed by atoms with Crippen LogP contribution in [-0.2, 0) is 14.3 Å². The maximum absolute atomic E-state index is 12.1. The Labute approximate surface area is 149 Å². The maximum Gasteiger partial charge on any atom is 0.410 e. The molecule has 1 aliphatic heterocycles. The molecule has 0 N–H and O–H groups in total. The van der Waals surface area contributed by atoms with Gasteiger partial charge in [-0.2, -0.15) is 0 Å². The summed E-state index contributed by atoms with van der Waals surface area (Å²) in [6.07, 6.45) is -0.255. The minimum absolute atomic E-state index is 0.237. The lowest BCUT2D eigenvalue weighted by atomic mass is 10.0. The zero-order valence-corrected chi connectivity index (χ0v) is 15.7. The van der Waals surface area contributed by atoms with Crippen LogP contribution in [-0.4, -0.2) is 55.9 Å². The van der Waals surface area contributed by atoms with Crippen LogP contribution in [0.5, 0.6) is 0 Å². The summed E-state index contributed by atoms with van der Waals surface area (Å²) in [7, 11) is 1.40. The summed E-state index contributed by atoms with van der Waals surface area (Å²) in [5.41, 5.74) is 1.55. The molecule has 1 saturated heterocycles. The van der Waals surface area contributed by atoms with Gasteiger partial charge in [0, 0.05) is 31.9 Å². The Balaban J connectivity index is 1.92. The fraction of sp³-hybridized carbons (Fsp3) is 0.579. The van der Waals surface area contributed by atoms with Gasteiger partial charge in [-0.25, -0.2) is 4.79 Å². The van der Waals surface area contributed by atoms with Crippen molar-refractivity contribution in [3.8, 4) is 0 Å². The number of amides is 1. The second-order valence-corrected chi connectivity index (χ2v) is 7.29. The topological polar surface area (TPSA) is 59.1 Å². The molecule has 1 aliphatic rings. The first-order valence-electron chi connectivity index (χ1n) is 8.62. The summed E-state index contributed by atoms with van der Waals surface area (Å²) in [5, 5.41) is 0. The van der Waals surface area contributed by atoms with Gasteiger partial charge in [-0.1, -0.05) is 12.1 Å². The maximum atomic E-state index is 12.1. The summed E-state index contributed by atoms with van der Waals surface area (Å²) in [5.74, 6) is -0.512. The van der Waals surface area contributed by atoms with Crippen LogP contribution in [0, 0.1) is 0 Å². The van der Waals surface area contributed by atoms with Gasteiger partial charge >= 0.3 is 12.1 Å². The van der Waals surface area contributed by atoms with E-state index in [1.807, 2.05) is 52.0 Å². The highest BCUT2D eigenvalue weighted by Gasteiger charge is 2.26. The van der Waals surface area contributed by atoms with Gasteiger partial charge in [0.05, 0.1) is 13.0 Å². The lowest BCUT2D eigenvalue weighted by molar-refractivity contribution is -0.141. The average molecular weight is 348 g/mol. The van der Waals surface area contributed by atoms with Crippen molar-refractivity contribution in [1.29, 1.82) is 0 Å². The third-order valence-corrected chi connectivity index (χ3v) is 4.24. The minimum atomic E-state index is -0.472. The van der Waals surface area contributed by atoms with Gasteiger partial charge in [0.1, 0.15) is 5.60 Å². The summed E-state index contributed by atoms with van der Waals surface area (Å²) in [6, 6.07) is 7.93. The lowest BCUT2D eigenvalue weighted by Gasteiger charge is -2.36. The molecule has 138 valence electrons. The van der Waals surface area contributed by atoms with Crippen molar-refractivity contribution >= 4 is 17.7 Å². The van der Waals surface area contributed by atoms with Gasteiger partial charge in [-0.15, -0.1) is 0 Å². The van der Waals surface area contributed by atoms with Crippen molar-refractivity contribution in [3.05, 3.63) is 29.8 Å². The average Bonchev–Trinajstić information content (AvgIpc) is 2.59. The highest BCUT2D eigenvalue weighted by molar-refractivity contribution is 5.77. The largest absolute Gasteiger partial charge is 0.469 e. The number of esters is 1. The lowest BCUT2D eigenvalue weighted by Crippen LogP contribution is -2.50. The van der Waals surface area contributed by atoms with Crippen LogP contribution in [0.3, 0.4) is 0 Å². The van der Waals surface area contributed by atoms with E-state index >= 15 is 0 Å². The summed E-state index contributed by atoms with van der Waals surface area (Å²) in [6.45, 7) is 10.2. The highest BCUT2D eigenvalue weighted by Crippen LogP contribution is 2.22. The van der Waals surface area contributed by atoms with E-state index in [1.54, 1.807) is 4.90 Å². The molecule has 0 spiro atoms. The van der Waals surface area contributed by atoms with Gasteiger partial charge in [0.15, 0.2) is 0 Å². The molecule has 1 fully saturated rings. The number of carbonyl (C=O) groups excluding carboxylic acids is 2. The molecule has 25 heavy (non-hydrogen) atoms. The molecule has 0 aromatic heterocycles. The number of carbonyl (C=O) groups is 2. The standard InChI is InChI=1S/C19H28N2O4/c1-14(17(22)24-5)15-6-8-16(9-7-15)20-10-12-21(13-11-20)18(23)25-19(2,3)4/h6-9,14H,10-13H2,1-5H3. The van der Waals surface area contributed by atoms with E-state index < -0.39 is 5.60 Å². The normalized spacial score (nSPS) is 16.4. The second kappa shape index (κ2) is 7.76. The Morgan fingerprint density at radius 1 is 1.04 bits per heavy atom. The zero-order valence-electron chi connectivity index (χ0n) is 15.7. The van der Waals surface area contributed by atoms with Gasteiger partial charge in [-0.3, -0.25) is 4.79 Å². The number of anilines is 1. The molecule has 6 nitrogen and oxygen atoms in total. The quantitative estimate of drug-likeness (QED) is 0.786. The van der Waals surface area contributed by atoms with E-state index in [4.69, 9.17) is 9.47 Å². The monoisotopic (exact) mass is 348 g/mol. The Morgan fingerprint density at radius 2 is 1.60 bits per heavy atom. The molecule has 0 saturated carbocycles. The highest BCUT2D eigenvalue weighted by atomic mass is 16.6. The Bertz CT molecular complexity index is 599. The molecule has 1 aromatic rings. The third-order valence-electron chi connectivity index (χ3n) is 4.24. The fourth-order valence-corrected chi connectivity index (χ4v) is 2.76. The first-order valence-corrected chi connectivity index (χ1v) is 8.62. The van der Waals surface area contributed by atoms with Gasteiger partial charge in [-0.05, 0) is 45.4 Å². The Kier molecular flexibility index (Phi) is 5.93. The summed E-state index contributed by atoms with van der Waals surface area (Å²) >= 11 is 0. The molecule has 1 atom stereocenters. The van der Waals surface area contributed by atoms with Crippen LogP contribution in [0.1, 0.15) is 39.2 Å². The van der Waals surface area contributed by atoms with Crippen molar-refractivity contribution in [3.63, 3.8) is 0 Å². The molecule has 1 amide bonds. The van der Waals surface area contributed by atoms with E-state index in [2.05, 4.69) is 4.90 Å². The van der Waals surface area contributed by atoms with Crippen molar-refractivity contribution < 1.29 is 19.1 Å². The summed E-state index contributed by atoms with van der Waals surface area (Å²) in [4.78, 5) is 27.7. The third kappa shape index (κ3) is 5.11. The smallest absolute Gasteiger partial charge is 0.410 e. The number of piperazine rings is 1. The molecule has 0 bridgehead atoms. The van der Waals surface area contributed by atoms with E-state index in [1.165, 1.54) is 7.11 Å². The number of nitrogens with zero attached hydrogens (tertiary/aromatic N) is 2. The number of rotatable bonds is 3. The second-order valence-electron chi connectivity index (χ2n) is 7.29. The Hall–Kier alpha value is -2.24. The van der Waals surface area contributed by atoms with E-state index in [-0.39, 0.29) is 18.0 Å². The first kappa shape index (κ1) is 19.1. The van der Waals surface area contributed by atoms with Crippen LogP contribution < -0.4 is 4.90 Å². The van der Waals surface area contributed by atoms with E-state index in [0.717, 1.165) is 24.3 Å². The van der Waals surface area contributed by atoms with E-state index in [0.29, 0.717) is 13.1 Å². The number of hydrogen-bond donors (Lipinski definition) is 0. The Morgan fingerprint density at radius 3 is 2.08 bits per heavy atom. The predicted molar refractivity (Wildman–Crippen MR) is 96.9 cm³/mol. The van der Waals surface area contributed by atoms with Crippen LogP contribution in [0.2, 0.25) is 0 Å². The number of ether oxygens (including phenoxy) is 2. The number of methoxy groups -OCH3 is 1. The van der Waals surface area contributed by atoms with Crippen molar-refractivity contribution in [2.45, 2.75) is 39.2 Å². The first-order chi connectivity index (χ1) is 11.7. The summed E-state index contributed by atoms with van der Waals surface area (Å²) < 4.78 is 10.2. The van der Waals surface area contributed by atoms with Gasteiger partial charge in [0.25, 0.3) is 0 Å². The molecule has 6 heteroatoms. The van der Waals surface area contributed by atoms with Crippen molar-refractivity contribution in [2.24, 2.45) is 0 Å². The molecule has 1 heterocycles. The predicted octanol–water partition coefficient (Wildman–Crippen LogP) is 3.02. The van der Waals surface area contributed by atoms with Crippen LogP contribution in [0.25, 0.3) is 0 Å². The molecular weight excluding hydrogens is 320 g/mol. The number of hydrogen-bond acceptors (Lipinski definition) is 5. The molecule has 0 aliphatic carbocycles. The molecule has 1 unspecified atom stereocenters. The number of benzene rings is 1. The molecular formula is C19H28N2O4. The SMILES string of the molecule is COC(=O)C(C)c1ccc(N2CCN(C(=O)OC(C)(C)C)CC2)cc1. The van der Waals surface area contributed by atoms with E-state index in [9.17, 15) is 9.59 Å². The van der Waals surface area contributed by atoms with Crippen LogP contribution >= 0.6 is 0 Å². The van der Waals surface area contributed by atoms with Gasteiger partial charge < -0.3 is 19.3 Å². The molecule has 2 rings (SSSR count).